The van der Waals surface area contributed by atoms with Crippen molar-refractivity contribution < 1.29 is 4.74 Å². The van der Waals surface area contributed by atoms with Gasteiger partial charge in [0.15, 0.2) is 0 Å². The van der Waals surface area contributed by atoms with Gasteiger partial charge < -0.3 is 15.8 Å². The van der Waals surface area contributed by atoms with E-state index < -0.39 is 0 Å². The van der Waals surface area contributed by atoms with Crippen LogP contribution in [-0.4, -0.2) is 26.3 Å². The van der Waals surface area contributed by atoms with Gasteiger partial charge in [-0.05, 0) is 55.3 Å². The van der Waals surface area contributed by atoms with Gasteiger partial charge in [-0.15, -0.1) is 0 Å². The fourth-order valence-corrected chi connectivity index (χ4v) is 2.60. The van der Waals surface area contributed by atoms with Crippen LogP contribution in [0.5, 0.6) is 0 Å². The molecule has 0 aliphatic carbocycles. The van der Waals surface area contributed by atoms with E-state index in [1.807, 2.05) is 12.1 Å². The van der Waals surface area contributed by atoms with Crippen molar-refractivity contribution in [1.29, 1.82) is 0 Å². The molecule has 0 aromatic heterocycles. The minimum Gasteiger partial charge on any atom is -0.399 e. The SMILES string of the molecule is CC1(CNCCCc2cccc(N)c2)CCOCC1. The van der Waals surface area contributed by atoms with E-state index in [9.17, 15) is 0 Å². The molecule has 3 heteroatoms. The van der Waals surface area contributed by atoms with E-state index >= 15 is 0 Å². The van der Waals surface area contributed by atoms with Crippen molar-refractivity contribution in [2.24, 2.45) is 5.41 Å². The largest absolute Gasteiger partial charge is 0.399 e. The zero-order chi connectivity index (χ0) is 13.6. The number of nitrogens with one attached hydrogen (secondary N) is 1. The lowest BCUT2D eigenvalue weighted by molar-refractivity contribution is 0.0242. The van der Waals surface area contributed by atoms with Crippen LogP contribution >= 0.6 is 0 Å². The van der Waals surface area contributed by atoms with Gasteiger partial charge in [-0.2, -0.15) is 0 Å². The Morgan fingerprint density at radius 3 is 2.84 bits per heavy atom. The molecule has 19 heavy (non-hydrogen) atoms. The minimum atomic E-state index is 0.426. The van der Waals surface area contributed by atoms with Gasteiger partial charge in [0.1, 0.15) is 0 Å². The van der Waals surface area contributed by atoms with Gasteiger partial charge in [0, 0.05) is 25.4 Å². The van der Waals surface area contributed by atoms with E-state index in [0.29, 0.717) is 5.41 Å². The van der Waals surface area contributed by atoms with E-state index in [2.05, 4.69) is 24.4 Å². The second kappa shape index (κ2) is 6.92. The first-order chi connectivity index (χ1) is 9.18. The molecule has 1 aromatic rings. The average molecular weight is 262 g/mol. The van der Waals surface area contributed by atoms with Crippen molar-refractivity contribution in [2.45, 2.75) is 32.6 Å². The molecule has 1 saturated heterocycles. The molecular weight excluding hydrogens is 236 g/mol. The van der Waals surface area contributed by atoms with Gasteiger partial charge in [0.25, 0.3) is 0 Å². The Hall–Kier alpha value is -1.06. The van der Waals surface area contributed by atoms with E-state index in [0.717, 1.165) is 44.8 Å². The summed E-state index contributed by atoms with van der Waals surface area (Å²) in [5.74, 6) is 0. The molecular formula is C16H26N2O. The van der Waals surface area contributed by atoms with Crippen LogP contribution in [0, 0.1) is 5.41 Å². The van der Waals surface area contributed by atoms with Crippen molar-refractivity contribution in [3.8, 4) is 0 Å². The van der Waals surface area contributed by atoms with E-state index in [-0.39, 0.29) is 0 Å². The summed E-state index contributed by atoms with van der Waals surface area (Å²) >= 11 is 0. The molecule has 1 heterocycles. The summed E-state index contributed by atoms with van der Waals surface area (Å²) < 4.78 is 5.42. The number of nitrogen functional groups attached to an aromatic ring is 1. The highest BCUT2D eigenvalue weighted by Crippen LogP contribution is 2.28. The second-order valence-corrected chi connectivity index (χ2v) is 5.95. The quantitative estimate of drug-likeness (QED) is 0.612. The molecule has 1 aliphatic heterocycles. The number of ether oxygens (including phenoxy) is 1. The van der Waals surface area contributed by atoms with Crippen molar-refractivity contribution >= 4 is 5.69 Å². The fraction of sp³-hybridized carbons (Fsp3) is 0.625. The maximum absolute atomic E-state index is 5.78. The Labute approximate surface area is 116 Å². The van der Waals surface area contributed by atoms with Crippen LogP contribution in [0.4, 0.5) is 5.69 Å². The highest BCUT2D eigenvalue weighted by molar-refractivity contribution is 5.40. The molecule has 3 N–H and O–H groups in total. The summed E-state index contributed by atoms with van der Waals surface area (Å²) in [6.45, 7) is 6.38. The third-order valence-corrected chi connectivity index (χ3v) is 4.02. The first-order valence-electron chi connectivity index (χ1n) is 7.31. The predicted molar refractivity (Wildman–Crippen MR) is 80.2 cm³/mol. The predicted octanol–water partition coefficient (Wildman–Crippen LogP) is 2.61. The van der Waals surface area contributed by atoms with Crippen molar-refractivity contribution in [3.05, 3.63) is 29.8 Å². The molecule has 0 saturated carbocycles. The van der Waals surface area contributed by atoms with Gasteiger partial charge in [0.05, 0.1) is 0 Å². The van der Waals surface area contributed by atoms with Gasteiger partial charge >= 0.3 is 0 Å². The Bertz CT molecular complexity index is 386. The van der Waals surface area contributed by atoms with Gasteiger partial charge in [-0.3, -0.25) is 0 Å². The van der Waals surface area contributed by atoms with Gasteiger partial charge in [0.2, 0.25) is 0 Å². The smallest absolute Gasteiger partial charge is 0.0471 e. The van der Waals surface area contributed by atoms with Crippen molar-refractivity contribution in [1.82, 2.24) is 5.32 Å². The first kappa shape index (κ1) is 14.4. The van der Waals surface area contributed by atoms with E-state index in [4.69, 9.17) is 10.5 Å². The number of aryl methyl sites for hydroxylation is 1. The van der Waals surface area contributed by atoms with Gasteiger partial charge in [-0.25, -0.2) is 0 Å². The minimum absolute atomic E-state index is 0.426. The van der Waals surface area contributed by atoms with E-state index in [1.54, 1.807) is 0 Å². The number of nitrogens with two attached hydrogens (primary N) is 1. The average Bonchev–Trinajstić information content (AvgIpc) is 2.39. The van der Waals surface area contributed by atoms with Crippen LogP contribution in [0.2, 0.25) is 0 Å². The van der Waals surface area contributed by atoms with E-state index in [1.165, 1.54) is 18.4 Å². The topological polar surface area (TPSA) is 47.3 Å². The van der Waals surface area contributed by atoms with Crippen molar-refractivity contribution in [2.75, 3.05) is 32.0 Å². The first-order valence-corrected chi connectivity index (χ1v) is 7.31. The number of hydrogen-bond acceptors (Lipinski definition) is 3. The lowest BCUT2D eigenvalue weighted by atomic mass is 9.82. The molecule has 0 spiro atoms. The standard InChI is InChI=1S/C16H26N2O/c1-16(7-10-19-11-8-16)13-18-9-3-5-14-4-2-6-15(17)12-14/h2,4,6,12,18H,3,5,7-11,13,17H2,1H3. The third kappa shape index (κ3) is 4.84. The Balaban J connectivity index is 1.62. The van der Waals surface area contributed by atoms with Crippen LogP contribution < -0.4 is 11.1 Å². The lowest BCUT2D eigenvalue weighted by Crippen LogP contribution is -2.37. The number of rotatable bonds is 6. The molecule has 1 aromatic carbocycles. The zero-order valence-electron chi connectivity index (χ0n) is 12.0. The summed E-state index contributed by atoms with van der Waals surface area (Å²) in [6, 6.07) is 8.19. The fourth-order valence-electron chi connectivity index (χ4n) is 2.60. The molecule has 1 fully saturated rings. The highest BCUT2D eigenvalue weighted by Gasteiger charge is 2.26. The molecule has 0 bridgehead atoms. The summed E-state index contributed by atoms with van der Waals surface area (Å²) in [7, 11) is 0. The molecule has 3 nitrogen and oxygen atoms in total. The Morgan fingerprint density at radius 2 is 2.11 bits per heavy atom. The molecule has 1 aliphatic rings. The highest BCUT2D eigenvalue weighted by atomic mass is 16.5. The van der Waals surface area contributed by atoms with Crippen molar-refractivity contribution in [3.63, 3.8) is 0 Å². The number of benzene rings is 1. The third-order valence-electron chi connectivity index (χ3n) is 4.02. The zero-order valence-corrected chi connectivity index (χ0v) is 12.0. The van der Waals surface area contributed by atoms with Crippen LogP contribution in [0.3, 0.4) is 0 Å². The van der Waals surface area contributed by atoms with Crippen LogP contribution in [0.25, 0.3) is 0 Å². The number of hydrogen-bond donors (Lipinski definition) is 2. The molecule has 2 rings (SSSR count). The normalized spacial score (nSPS) is 18.4. The summed E-state index contributed by atoms with van der Waals surface area (Å²) in [6.07, 6.45) is 4.61. The maximum atomic E-state index is 5.78. The molecule has 0 radical (unpaired) electrons. The van der Waals surface area contributed by atoms with Crippen LogP contribution in [0.1, 0.15) is 31.7 Å². The molecule has 106 valence electrons. The van der Waals surface area contributed by atoms with Crippen LogP contribution in [0.15, 0.2) is 24.3 Å². The summed E-state index contributed by atoms with van der Waals surface area (Å²) in [5, 5.41) is 3.59. The summed E-state index contributed by atoms with van der Waals surface area (Å²) in [5.41, 5.74) is 8.40. The Kier molecular flexibility index (Phi) is 5.23. The number of anilines is 1. The monoisotopic (exact) mass is 262 g/mol. The summed E-state index contributed by atoms with van der Waals surface area (Å²) in [4.78, 5) is 0. The molecule has 0 amide bonds. The maximum Gasteiger partial charge on any atom is 0.0471 e. The molecule has 0 unspecified atom stereocenters. The molecule has 0 atom stereocenters. The van der Waals surface area contributed by atoms with Gasteiger partial charge in [-0.1, -0.05) is 19.1 Å². The second-order valence-electron chi connectivity index (χ2n) is 5.95. The van der Waals surface area contributed by atoms with Crippen LogP contribution in [-0.2, 0) is 11.2 Å². The Morgan fingerprint density at radius 1 is 1.32 bits per heavy atom. The lowest BCUT2D eigenvalue weighted by Gasteiger charge is -2.33.